The van der Waals surface area contributed by atoms with E-state index in [1.165, 1.54) is 45.2 Å². The van der Waals surface area contributed by atoms with Gasteiger partial charge in [0.2, 0.25) is 0 Å². The van der Waals surface area contributed by atoms with E-state index >= 15 is 0 Å². The quantitative estimate of drug-likeness (QED) is 0.442. The third-order valence-corrected chi connectivity index (χ3v) is 11.6. The molecule has 2 bridgehead atoms. The van der Waals surface area contributed by atoms with E-state index in [-0.39, 0.29) is 34.6 Å². The van der Waals surface area contributed by atoms with E-state index in [4.69, 9.17) is 4.74 Å². The standard InChI is InChI=1S/C34H38N2O3/c1-31(2)29(37)36(30(38)35-31)26-11-10-24-19-25-14-15-32(3)27(23-9-8-21-6-4-5-7-22(21)18-23)12-13-28(32)34(25)17-16-33(24,20-26)39-34/h4-9,14,18-19,26-28H,10-13,15-17,20H2,1-3H3,(H,35,38)/t26-,27?,28-,32-,33-,34?/m1/s1. The molecule has 0 radical (unpaired) electrons. The molecule has 4 fully saturated rings. The van der Waals surface area contributed by atoms with E-state index in [0.29, 0.717) is 11.8 Å². The first-order valence-electron chi connectivity index (χ1n) is 14.9. The number of rotatable bonds is 2. The molecule has 6 aliphatic rings. The molecule has 3 amide bonds. The summed E-state index contributed by atoms with van der Waals surface area (Å²) in [6, 6.07) is 15.4. The van der Waals surface area contributed by atoms with Crippen molar-refractivity contribution < 1.29 is 14.3 Å². The van der Waals surface area contributed by atoms with Crippen LogP contribution < -0.4 is 5.32 Å². The van der Waals surface area contributed by atoms with Gasteiger partial charge in [0, 0.05) is 12.5 Å². The number of hydrogen-bond acceptors (Lipinski definition) is 3. The first-order chi connectivity index (χ1) is 18.7. The Bertz CT molecular complexity index is 1500. The number of ether oxygens (including phenoxy) is 1. The molecule has 5 nitrogen and oxygen atoms in total. The highest BCUT2D eigenvalue weighted by Gasteiger charge is 2.67. The van der Waals surface area contributed by atoms with Crippen LogP contribution in [0.2, 0.25) is 0 Å². The summed E-state index contributed by atoms with van der Waals surface area (Å²) < 4.78 is 7.42. The molecule has 3 heterocycles. The van der Waals surface area contributed by atoms with Crippen LogP contribution in [0.15, 0.2) is 65.8 Å². The molecule has 2 aromatic rings. The highest BCUT2D eigenvalue weighted by Crippen LogP contribution is 2.69. The van der Waals surface area contributed by atoms with E-state index in [2.05, 4.69) is 66.9 Å². The largest absolute Gasteiger partial charge is 0.359 e. The van der Waals surface area contributed by atoms with Gasteiger partial charge in [0.15, 0.2) is 0 Å². The van der Waals surface area contributed by atoms with Crippen LogP contribution in [-0.4, -0.2) is 39.6 Å². The molecular formula is C34H38N2O3. The van der Waals surface area contributed by atoms with Crippen LogP contribution in [0.4, 0.5) is 4.79 Å². The zero-order valence-corrected chi connectivity index (χ0v) is 23.3. The minimum Gasteiger partial charge on any atom is -0.359 e. The Morgan fingerprint density at radius 1 is 0.974 bits per heavy atom. The monoisotopic (exact) mass is 522 g/mol. The number of carbonyl (C=O) groups is 2. The molecule has 39 heavy (non-hydrogen) atoms. The molecule has 6 atom stereocenters. The van der Waals surface area contributed by atoms with Gasteiger partial charge in [-0.05, 0) is 104 Å². The lowest BCUT2D eigenvalue weighted by atomic mass is 9.58. The average Bonchev–Trinajstić information content (AvgIpc) is 3.49. The Morgan fingerprint density at radius 2 is 1.79 bits per heavy atom. The normalized spacial score (nSPS) is 40.1. The predicted octanol–water partition coefficient (Wildman–Crippen LogP) is 6.78. The number of nitrogens with one attached hydrogen (secondary N) is 1. The maximum atomic E-state index is 13.1. The van der Waals surface area contributed by atoms with Gasteiger partial charge in [-0.1, -0.05) is 61.5 Å². The number of imide groups is 1. The van der Waals surface area contributed by atoms with Gasteiger partial charge in [-0.3, -0.25) is 9.69 Å². The van der Waals surface area contributed by atoms with Gasteiger partial charge >= 0.3 is 6.03 Å². The SMILES string of the molecule is CC1(C)NC(=O)N([C@@H]2CCC3=CC4=CC[C@]5(C)C(c6ccc7ccccc7c6)CC[C@H]5C45CC[C@]3(C2)O5)C1=O. The molecule has 3 aliphatic carbocycles. The maximum absolute atomic E-state index is 13.1. The van der Waals surface area contributed by atoms with Crippen molar-refractivity contribution in [3.8, 4) is 0 Å². The van der Waals surface area contributed by atoms with Crippen molar-refractivity contribution in [1.82, 2.24) is 10.2 Å². The van der Waals surface area contributed by atoms with Crippen LogP contribution >= 0.6 is 0 Å². The fourth-order valence-electron chi connectivity index (χ4n) is 9.68. The van der Waals surface area contributed by atoms with Crippen LogP contribution in [0.25, 0.3) is 10.8 Å². The highest BCUT2D eigenvalue weighted by atomic mass is 16.5. The van der Waals surface area contributed by atoms with Crippen molar-refractivity contribution in [3.63, 3.8) is 0 Å². The smallest absolute Gasteiger partial charge is 0.325 e. The number of carbonyl (C=O) groups excluding carboxylic acids is 2. The number of amides is 3. The lowest BCUT2D eigenvalue weighted by Crippen LogP contribution is -2.56. The molecule has 2 saturated carbocycles. The number of benzene rings is 2. The van der Waals surface area contributed by atoms with Gasteiger partial charge in [0.05, 0.1) is 11.2 Å². The zero-order chi connectivity index (χ0) is 26.8. The second-order valence-electron chi connectivity index (χ2n) is 13.9. The van der Waals surface area contributed by atoms with Crippen molar-refractivity contribution in [2.24, 2.45) is 11.3 Å². The molecule has 2 unspecified atom stereocenters. The third kappa shape index (κ3) is 3.06. The Hall–Kier alpha value is -2.92. The summed E-state index contributed by atoms with van der Waals surface area (Å²) in [5, 5.41) is 5.51. The van der Waals surface area contributed by atoms with Gasteiger partial charge < -0.3 is 10.1 Å². The van der Waals surface area contributed by atoms with Gasteiger partial charge in [0.25, 0.3) is 5.91 Å². The van der Waals surface area contributed by atoms with Gasteiger partial charge in [-0.2, -0.15) is 0 Å². The lowest BCUT2D eigenvalue weighted by Gasteiger charge is -2.54. The highest BCUT2D eigenvalue weighted by molar-refractivity contribution is 6.06. The number of hydrogen-bond donors (Lipinski definition) is 1. The van der Waals surface area contributed by atoms with Crippen molar-refractivity contribution in [1.29, 1.82) is 0 Å². The number of allylic oxidation sites excluding steroid dienone is 1. The van der Waals surface area contributed by atoms with Crippen molar-refractivity contribution in [2.45, 2.75) is 101 Å². The van der Waals surface area contributed by atoms with Gasteiger partial charge in [-0.25, -0.2) is 4.79 Å². The first kappa shape index (κ1) is 23.9. The van der Waals surface area contributed by atoms with Gasteiger partial charge in [0.1, 0.15) is 5.54 Å². The van der Waals surface area contributed by atoms with E-state index in [1.807, 2.05) is 0 Å². The predicted molar refractivity (Wildman–Crippen MR) is 151 cm³/mol. The summed E-state index contributed by atoms with van der Waals surface area (Å²) >= 11 is 0. The van der Waals surface area contributed by atoms with Crippen LogP contribution in [-0.2, 0) is 9.53 Å². The summed E-state index contributed by atoms with van der Waals surface area (Å²) in [5.74, 6) is 0.872. The topological polar surface area (TPSA) is 58.6 Å². The summed E-state index contributed by atoms with van der Waals surface area (Å²) in [4.78, 5) is 27.5. The van der Waals surface area contributed by atoms with Crippen molar-refractivity contribution in [2.75, 3.05) is 0 Å². The summed E-state index contributed by atoms with van der Waals surface area (Å²) in [7, 11) is 0. The second kappa shape index (κ2) is 7.63. The van der Waals surface area contributed by atoms with Crippen LogP contribution in [0.1, 0.15) is 83.6 Å². The second-order valence-corrected chi connectivity index (χ2v) is 13.9. The summed E-state index contributed by atoms with van der Waals surface area (Å²) in [6.07, 6.45) is 12.9. The maximum Gasteiger partial charge on any atom is 0.325 e. The molecule has 2 aromatic carbocycles. The van der Waals surface area contributed by atoms with E-state index in [0.717, 1.165) is 38.5 Å². The Balaban J connectivity index is 1.13. The van der Waals surface area contributed by atoms with E-state index in [9.17, 15) is 9.59 Å². The van der Waals surface area contributed by atoms with Crippen LogP contribution in [0.3, 0.4) is 0 Å². The minimum atomic E-state index is -0.835. The van der Waals surface area contributed by atoms with E-state index < -0.39 is 5.54 Å². The number of urea groups is 1. The third-order valence-electron chi connectivity index (χ3n) is 11.6. The average molecular weight is 523 g/mol. The Morgan fingerprint density at radius 3 is 2.59 bits per heavy atom. The minimum absolute atomic E-state index is 0.107. The number of fused-ring (bicyclic) bond motifs is 2. The van der Waals surface area contributed by atoms with Crippen LogP contribution in [0.5, 0.6) is 0 Å². The van der Waals surface area contributed by atoms with Crippen LogP contribution in [0, 0.1) is 11.3 Å². The van der Waals surface area contributed by atoms with Crippen molar-refractivity contribution >= 4 is 22.7 Å². The molecule has 3 aliphatic heterocycles. The fourth-order valence-corrected chi connectivity index (χ4v) is 9.68. The zero-order valence-electron chi connectivity index (χ0n) is 23.3. The Kier molecular flexibility index (Phi) is 4.68. The fraction of sp³-hybridized carbons (Fsp3) is 0.529. The summed E-state index contributed by atoms with van der Waals surface area (Å²) in [5.41, 5.74) is 2.96. The van der Waals surface area contributed by atoms with Crippen molar-refractivity contribution in [3.05, 3.63) is 71.3 Å². The molecule has 8 rings (SSSR count). The molecule has 2 saturated heterocycles. The lowest BCUT2D eigenvalue weighted by molar-refractivity contribution is -0.145. The number of nitrogens with zero attached hydrogens (tertiary/aromatic N) is 1. The first-order valence-corrected chi connectivity index (χ1v) is 14.9. The molecule has 5 heteroatoms. The molecule has 1 N–H and O–H groups in total. The van der Waals surface area contributed by atoms with Gasteiger partial charge in [-0.15, -0.1) is 0 Å². The summed E-state index contributed by atoms with van der Waals surface area (Å²) in [6.45, 7) is 6.11. The molecule has 2 spiro atoms. The molecule has 0 aromatic heterocycles. The molecular weight excluding hydrogens is 484 g/mol. The molecule has 202 valence electrons. The Labute approximate surface area is 230 Å². The van der Waals surface area contributed by atoms with E-state index in [1.54, 1.807) is 13.8 Å².